The SMILES string of the molecule is O=S(=O)([O-])C1CC2CC3CCC(C3)CC1C2. The van der Waals surface area contributed by atoms with E-state index < -0.39 is 15.4 Å². The fourth-order valence-corrected chi connectivity index (χ4v) is 5.70. The molecular formula is C12H19O3S-. The lowest BCUT2D eigenvalue weighted by molar-refractivity contribution is 0.302. The van der Waals surface area contributed by atoms with E-state index in [0.717, 1.165) is 18.8 Å². The highest BCUT2D eigenvalue weighted by Crippen LogP contribution is 2.50. The second-order valence-electron chi connectivity index (χ2n) is 6.15. The first kappa shape index (κ1) is 11.0. The van der Waals surface area contributed by atoms with Crippen molar-refractivity contribution in [3.63, 3.8) is 0 Å². The lowest BCUT2D eigenvalue weighted by Crippen LogP contribution is -2.26. The molecule has 0 aliphatic heterocycles. The number of hydrogen-bond donors (Lipinski definition) is 0. The average molecular weight is 243 g/mol. The lowest BCUT2D eigenvalue weighted by atomic mass is 9.85. The maximum Gasteiger partial charge on any atom is 0.0978 e. The van der Waals surface area contributed by atoms with E-state index in [4.69, 9.17) is 0 Å². The minimum absolute atomic E-state index is 0.177. The normalized spacial score (nSPS) is 47.7. The minimum atomic E-state index is -4.06. The van der Waals surface area contributed by atoms with Gasteiger partial charge in [0.05, 0.1) is 15.4 Å². The smallest absolute Gasteiger partial charge is 0.0978 e. The molecule has 0 heterocycles. The van der Waals surface area contributed by atoms with Crippen LogP contribution in [0, 0.1) is 23.7 Å². The molecule has 0 spiro atoms. The van der Waals surface area contributed by atoms with Crippen molar-refractivity contribution in [2.24, 2.45) is 23.7 Å². The highest BCUT2D eigenvalue weighted by molar-refractivity contribution is 7.86. The standard InChI is InChI=1S/C12H20O3S/c13-16(14,15)12-7-10-4-8-1-2-9(3-8)5-11(12)6-10/h8-12H,1-7H2,(H,13,14,15)/p-1. The Morgan fingerprint density at radius 1 is 0.812 bits per heavy atom. The van der Waals surface area contributed by atoms with Crippen LogP contribution in [0.1, 0.15) is 44.9 Å². The molecule has 16 heavy (non-hydrogen) atoms. The Balaban J connectivity index is 1.84. The van der Waals surface area contributed by atoms with Gasteiger partial charge in [-0.3, -0.25) is 0 Å². The van der Waals surface area contributed by atoms with Gasteiger partial charge >= 0.3 is 0 Å². The van der Waals surface area contributed by atoms with E-state index >= 15 is 0 Å². The Labute approximate surface area is 97.4 Å². The molecule has 4 heteroatoms. The molecule has 0 radical (unpaired) electrons. The van der Waals surface area contributed by atoms with Crippen LogP contribution in [0.4, 0.5) is 0 Å². The maximum atomic E-state index is 11.3. The van der Waals surface area contributed by atoms with E-state index in [1.165, 1.54) is 25.7 Å². The molecule has 5 atom stereocenters. The summed E-state index contributed by atoms with van der Waals surface area (Å²) >= 11 is 0. The maximum absolute atomic E-state index is 11.3. The second kappa shape index (κ2) is 3.70. The zero-order chi connectivity index (χ0) is 11.3. The van der Waals surface area contributed by atoms with E-state index in [1.54, 1.807) is 0 Å². The molecule has 0 saturated heterocycles. The summed E-state index contributed by atoms with van der Waals surface area (Å²) in [5.74, 6) is 2.22. The van der Waals surface area contributed by atoms with Crippen molar-refractivity contribution in [3.05, 3.63) is 0 Å². The predicted molar refractivity (Wildman–Crippen MR) is 59.8 cm³/mol. The van der Waals surface area contributed by atoms with Crippen LogP contribution in [-0.4, -0.2) is 18.2 Å². The van der Waals surface area contributed by atoms with Gasteiger partial charge in [-0.15, -0.1) is 0 Å². The third-order valence-corrected chi connectivity index (χ3v) is 6.37. The molecule has 3 nitrogen and oxygen atoms in total. The molecule has 3 fully saturated rings. The van der Waals surface area contributed by atoms with Gasteiger partial charge in [0.25, 0.3) is 0 Å². The fourth-order valence-electron chi connectivity index (χ4n) is 4.50. The summed E-state index contributed by atoms with van der Waals surface area (Å²) in [5.41, 5.74) is 0. The Bertz CT molecular complexity index is 376. The average Bonchev–Trinajstić information content (AvgIpc) is 2.72. The predicted octanol–water partition coefficient (Wildman–Crippen LogP) is 2.14. The molecule has 0 aromatic carbocycles. The van der Waals surface area contributed by atoms with E-state index in [0.29, 0.717) is 18.3 Å². The van der Waals surface area contributed by atoms with Crippen LogP contribution in [0.2, 0.25) is 0 Å². The van der Waals surface area contributed by atoms with Crippen LogP contribution in [0.3, 0.4) is 0 Å². The van der Waals surface area contributed by atoms with Crippen molar-refractivity contribution >= 4 is 10.1 Å². The van der Waals surface area contributed by atoms with Gasteiger partial charge in [0.2, 0.25) is 0 Å². The van der Waals surface area contributed by atoms with Gasteiger partial charge < -0.3 is 4.55 Å². The van der Waals surface area contributed by atoms with Crippen molar-refractivity contribution in [1.82, 2.24) is 0 Å². The van der Waals surface area contributed by atoms with Gasteiger partial charge in [0, 0.05) is 0 Å². The molecule has 3 aliphatic carbocycles. The molecule has 0 aromatic heterocycles. The molecule has 3 rings (SSSR count). The number of hydrogen-bond acceptors (Lipinski definition) is 3. The Morgan fingerprint density at radius 2 is 1.38 bits per heavy atom. The van der Waals surface area contributed by atoms with Crippen LogP contribution in [0.5, 0.6) is 0 Å². The van der Waals surface area contributed by atoms with Gasteiger partial charge in [-0.1, -0.05) is 12.8 Å². The van der Waals surface area contributed by atoms with Gasteiger partial charge in [0.15, 0.2) is 0 Å². The molecule has 3 saturated carbocycles. The van der Waals surface area contributed by atoms with Gasteiger partial charge in [0.1, 0.15) is 0 Å². The van der Waals surface area contributed by atoms with E-state index in [9.17, 15) is 13.0 Å². The quantitative estimate of drug-likeness (QED) is 0.663. The third-order valence-electron chi connectivity index (χ3n) is 5.05. The summed E-state index contributed by atoms with van der Waals surface area (Å²) in [4.78, 5) is 0. The topological polar surface area (TPSA) is 57.2 Å². The van der Waals surface area contributed by atoms with Crippen LogP contribution >= 0.6 is 0 Å². The van der Waals surface area contributed by atoms with Crippen LogP contribution in [-0.2, 0) is 10.1 Å². The lowest BCUT2D eigenvalue weighted by Gasteiger charge is -2.25. The van der Waals surface area contributed by atoms with Crippen molar-refractivity contribution in [2.75, 3.05) is 0 Å². The first-order chi connectivity index (χ1) is 7.52. The van der Waals surface area contributed by atoms with Gasteiger partial charge in [-0.05, 0) is 55.8 Å². The number of fused-ring (bicyclic) bond motifs is 4. The summed E-state index contributed by atoms with van der Waals surface area (Å²) in [6.07, 6.45) is 7.72. The Hall–Kier alpha value is -0.0900. The van der Waals surface area contributed by atoms with Crippen LogP contribution in [0.15, 0.2) is 0 Å². The first-order valence-electron chi connectivity index (χ1n) is 6.47. The van der Waals surface area contributed by atoms with Crippen LogP contribution < -0.4 is 0 Å². The molecule has 0 amide bonds. The summed E-state index contributed by atoms with van der Waals surface area (Å²) in [6.45, 7) is 0. The van der Waals surface area contributed by atoms with E-state index in [-0.39, 0.29) is 5.92 Å². The Morgan fingerprint density at radius 3 is 2.06 bits per heavy atom. The summed E-state index contributed by atoms with van der Waals surface area (Å²) in [7, 11) is -4.06. The van der Waals surface area contributed by atoms with Crippen molar-refractivity contribution in [1.29, 1.82) is 0 Å². The molecule has 0 aromatic rings. The minimum Gasteiger partial charge on any atom is -0.748 e. The molecule has 0 N–H and O–H groups in total. The van der Waals surface area contributed by atoms with E-state index in [2.05, 4.69) is 0 Å². The van der Waals surface area contributed by atoms with Gasteiger partial charge in [-0.2, -0.15) is 0 Å². The summed E-state index contributed by atoms with van der Waals surface area (Å²) < 4.78 is 33.8. The van der Waals surface area contributed by atoms with Crippen LogP contribution in [0.25, 0.3) is 0 Å². The van der Waals surface area contributed by atoms with Crippen molar-refractivity contribution in [3.8, 4) is 0 Å². The molecule has 92 valence electrons. The molecule has 4 bridgehead atoms. The number of rotatable bonds is 1. The van der Waals surface area contributed by atoms with Crippen molar-refractivity contribution in [2.45, 2.75) is 50.2 Å². The largest absolute Gasteiger partial charge is 0.748 e. The summed E-state index contributed by atoms with van der Waals surface area (Å²) in [6, 6.07) is 0. The molecule has 5 unspecified atom stereocenters. The second-order valence-corrected chi connectivity index (χ2v) is 7.74. The van der Waals surface area contributed by atoms with Gasteiger partial charge in [-0.25, -0.2) is 8.42 Å². The summed E-state index contributed by atoms with van der Waals surface area (Å²) in [5, 5.41) is -0.558. The highest BCUT2D eigenvalue weighted by Gasteiger charge is 2.43. The third kappa shape index (κ3) is 1.90. The highest BCUT2D eigenvalue weighted by atomic mass is 32.2. The Kier molecular flexibility index (Phi) is 2.55. The monoisotopic (exact) mass is 243 g/mol. The van der Waals surface area contributed by atoms with Crippen molar-refractivity contribution < 1.29 is 13.0 Å². The fraction of sp³-hybridized carbons (Fsp3) is 1.00. The zero-order valence-electron chi connectivity index (χ0n) is 9.47. The van der Waals surface area contributed by atoms with E-state index in [1.807, 2.05) is 0 Å². The first-order valence-corrected chi connectivity index (χ1v) is 7.94. The zero-order valence-corrected chi connectivity index (χ0v) is 10.3. The molecular weight excluding hydrogens is 224 g/mol. The molecule has 3 aliphatic rings.